The fraction of sp³-hybridized carbons (Fsp3) is 0.571. The summed E-state index contributed by atoms with van der Waals surface area (Å²) in [7, 11) is -1.94. The van der Waals surface area contributed by atoms with E-state index in [9.17, 15) is 8.42 Å². The van der Waals surface area contributed by atoms with Gasteiger partial charge in [0.15, 0.2) is 0 Å². The molecule has 0 saturated carbocycles. The molecule has 0 saturated heterocycles. The summed E-state index contributed by atoms with van der Waals surface area (Å²) in [6.45, 7) is 1.65. The summed E-state index contributed by atoms with van der Waals surface area (Å²) in [5.74, 6) is -0.163. The molecule has 80 valence electrons. The summed E-state index contributed by atoms with van der Waals surface area (Å²) >= 11 is 1.35. The Labute approximate surface area is 87.4 Å². The molecule has 0 aliphatic carbocycles. The van der Waals surface area contributed by atoms with Gasteiger partial charge in [-0.15, -0.1) is 11.3 Å². The molecule has 14 heavy (non-hydrogen) atoms. The molecule has 1 rings (SSSR count). The quantitative estimate of drug-likeness (QED) is 0.761. The largest absolute Gasteiger partial charge is 0.319 e. The van der Waals surface area contributed by atoms with Gasteiger partial charge in [0.2, 0.25) is 10.0 Å². The van der Waals surface area contributed by atoms with Gasteiger partial charge >= 0.3 is 0 Å². The van der Waals surface area contributed by atoms with Crippen LogP contribution >= 0.6 is 11.3 Å². The van der Waals surface area contributed by atoms with Gasteiger partial charge in [-0.05, 0) is 14.0 Å². The second-order valence-electron chi connectivity index (χ2n) is 3.22. The van der Waals surface area contributed by atoms with Crippen molar-refractivity contribution in [3.8, 4) is 0 Å². The highest BCUT2D eigenvalue weighted by molar-refractivity contribution is 7.89. The van der Waals surface area contributed by atoms with E-state index in [1.54, 1.807) is 18.5 Å². The summed E-state index contributed by atoms with van der Waals surface area (Å²) < 4.78 is 24.8. The Balaban J connectivity index is 2.88. The molecule has 0 bridgehead atoms. The van der Waals surface area contributed by atoms with E-state index in [0.717, 1.165) is 0 Å². The minimum absolute atomic E-state index is 0.163. The molecule has 0 radical (unpaired) electrons. The third kappa shape index (κ3) is 2.74. The van der Waals surface area contributed by atoms with Crippen molar-refractivity contribution in [2.24, 2.45) is 5.73 Å². The van der Waals surface area contributed by atoms with E-state index in [-0.39, 0.29) is 5.75 Å². The van der Waals surface area contributed by atoms with Crippen LogP contribution in [-0.4, -0.2) is 26.2 Å². The van der Waals surface area contributed by atoms with Crippen molar-refractivity contribution in [3.63, 3.8) is 0 Å². The number of nitrogens with zero attached hydrogens (tertiary/aromatic N) is 1. The second kappa shape index (κ2) is 3.93. The number of thiazole rings is 1. The molecule has 1 aromatic heterocycles. The number of nitrogens with two attached hydrogens (primary N) is 1. The van der Waals surface area contributed by atoms with Gasteiger partial charge < -0.3 is 5.73 Å². The first-order valence-corrected chi connectivity index (χ1v) is 6.51. The zero-order valence-corrected chi connectivity index (χ0v) is 9.65. The Morgan fingerprint density at radius 1 is 1.71 bits per heavy atom. The molecular formula is C7H13N3O2S2. The second-order valence-corrected chi connectivity index (χ2v) is 6.04. The van der Waals surface area contributed by atoms with Crippen molar-refractivity contribution in [3.05, 3.63) is 16.6 Å². The van der Waals surface area contributed by atoms with Crippen LogP contribution in [-0.2, 0) is 15.6 Å². The number of sulfonamides is 1. The Kier molecular flexibility index (Phi) is 3.25. The van der Waals surface area contributed by atoms with Crippen molar-refractivity contribution in [2.45, 2.75) is 12.5 Å². The molecule has 1 atom stereocenters. The van der Waals surface area contributed by atoms with E-state index in [4.69, 9.17) is 5.73 Å². The van der Waals surface area contributed by atoms with E-state index in [1.807, 2.05) is 0 Å². The molecule has 0 spiro atoms. The van der Waals surface area contributed by atoms with E-state index in [2.05, 4.69) is 9.71 Å². The van der Waals surface area contributed by atoms with Gasteiger partial charge in [0, 0.05) is 11.6 Å². The van der Waals surface area contributed by atoms with Crippen molar-refractivity contribution in [1.82, 2.24) is 9.71 Å². The van der Waals surface area contributed by atoms with Crippen LogP contribution in [0.4, 0.5) is 0 Å². The monoisotopic (exact) mass is 235 g/mol. The maximum atomic E-state index is 11.3. The van der Waals surface area contributed by atoms with E-state index < -0.39 is 15.6 Å². The third-order valence-corrected chi connectivity index (χ3v) is 4.38. The molecule has 7 heteroatoms. The first kappa shape index (κ1) is 11.6. The summed E-state index contributed by atoms with van der Waals surface area (Å²) in [5, 5.41) is 2.39. The Morgan fingerprint density at radius 2 is 2.36 bits per heavy atom. The van der Waals surface area contributed by atoms with Crippen molar-refractivity contribution < 1.29 is 8.42 Å². The van der Waals surface area contributed by atoms with Crippen LogP contribution in [0.15, 0.2) is 11.6 Å². The lowest BCUT2D eigenvalue weighted by Crippen LogP contribution is -2.43. The smallest absolute Gasteiger partial charge is 0.213 e. The Hall–Kier alpha value is -0.500. The fourth-order valence-corrected chi connectivity index (χ4v) is 2.91. The zero-order valence-electron chi connectivity index (χ0n) is 8.02. The molecule has 0 aliphatic rings. The predicted octanol–water partition coefficient (Wildman–Crippen LogP) is -0.134. The van der Waals surface area contributed by atoms with E-state index >= 15 is 0 Å². The first-order chi connectivity index (χ1) is 6.37. The minimum Gasteiger partial charge on any atom is -0.319 e. The minimum atomic E-state index is -3.31. The SMILES string of the molecule is CNS(=O)(=O)C[C@](C)(N)c1nccs1. The van der Waals surface area contributed by atoms with Crippen LogP contribution in [0.2, 0.25) is 0 Å². The number of rotatable bonds is 4. The van der Waals surface area contributed by atoms with Gasteiger partial charge in [0.1, 0.15) is 5.01 Å². The van der Waals surface area contributed by atoms with Gasteiger partial charge in [0.25, 0.3) is 0 Å². The lowest BCUT2D eigenvalue weighted by Gasteiger charge is -2.21. The number of hydrogen-bond acceptors (Lipinski definition) is 5. The summed E-state index contributed by atoms with van der Waals surface area (Å²) in [6.07, 6.45) is 1.61. The number of hydrogen-bond donors (Lipinski definition) is 2. The molecule has 5 nitrogen and oxygen atoms in total. The van der Waals surface area contributed by atoms with E-state index in [1.165, 1.54) is 18.4 Å². The predicted molar refractivity (Wildman–Crippen MR) is 56.5 cm³/mol. The lowest BCUT2D eigenvalue weighted by atomic mass is 10.1. The molecule has 0 aromatic carbocycles. The van der Waals surface area contributed by atoms with Crippen LogP contribution in [0, 0.1) is 0 Å². The van der Waals surface area contributed by atoms with Gasteiger partial charge in [-0.3, -0.25) is 0 Å². The average Bonchev–Trinajstić information content (AvgIpc) is 2.54. The molecule has 0 fully saturated rings. The summed E-state index contributed by atoms with van der Waals surface area (Å²) in [5.41, 5.74) is 4.94. The van der Waals surface area contributed by atoms with Gasteiger partial charge in [-0.25, -0.2) is 18.1 Å². The highest BCUT2D eigenvalue weighted by Crippen LogP contribution is 2.21. The molecule has 1 aromatic rings. The van der Waals surface area contributed by atoms with E-state index in [0.29, 0.717) is 5.01 Å². The third-order valence-electron chi connectivity index (χ3n) is 1.72. The topological polar surface area (TPSA) is 85.1 Å². The first-order valence-electron chi connectivity index (χ1n) is 3.97. The van der Waals surface area contributed by atoms with Gasteiger partial charge in [-0.2, -0.15) is 0 Å². The summed E-state index contributed by atoms with van der Waals surface area (Å²) in [6, 6.07) is 0. The van der Waals surface area contributed by atoms with Gasteiger partial charge in [0.05, 0.1) is 11.3 Å². The highest BCUT2D eigenvalue weighted by Gasteiger charge is 2.30. The van der Waals surface area contributed by atoms with Crippen LogP contribution in [0.25, 0.3) is 0 Å². The molecule has 0 unspecified atom stereocenters. The molecule has 1 heterocycles. The fourth-order valence-electron chi connectivity index (χ4n) is 1.03. The van der Waals surface area contributed by atoms with Crippen LogP contribution in [0.5, 0.6) is 0 Å². The standard InChI is InChI=1S/C7H13N3O2S2/c1-7(8,5-14(11,12)9-2)6-10-3-4-13-6/h3-4,9H,5,8H2,1-2H3/t7-/m0/s1. The summed E-state index contributed by atoms with van der Waals surface area (Å²) in [4.78, 5) is 4.01. The van der Waals surface area contributed by atoms with Crippen molar-refractivity contribution in [2.75, 3.05) is 12.8 Å². The van der Waals surface area contributed by atoms with Crippen LogP contribution in [0.1, 0.15) is 11.9 Å². The molecule has 0 amide bonds. The zero-order chi connectivity index (χ0) is 10.8. The van der Waals surface area contributed by atoms with Crippen LogP contribution in [0.3, 0.4) is 0 Å². The lowest BCUT2D eigenvalue weighted by molar-refractivity contribution is 0.521. The Bertz CT molecular complexity index is 383. The maximum Gasteiger partial charge on any atom is 0.213 e. The number of aromatic nitrogens is 1. The van der Waals surface area contributed by atoms with Crippen molar-refractivity contribution in [1.29, 1.82) is 0 Å². The van der Waals surface area contributed by atoms with Crippen LogP contribution < -0.4 is 10.5 Å². The highest BCUT2D eigenvalue weighted by atomic mass is 32.2. The molecular weight excluding hydrogens is 222 g/mol. The number of nitrogens with one attached hydrogen (secondary N) is 1. The Morgan fingerprint density at radius 3 is 2.79 bits per heavy atom. The average molecular weight is 235 g/mol. The maximum absolute atomic E-state index is 11.3. The normalized spacial score (nSPS) is 16.5. The van der Waals surface area contributed by atoms with Gasteiger partial charge in [-0.1, -0.05) is 0 Å². The van der Waals surface area contributed by atoms with Crippen molar-refractivity contribution >= 4 is 21.4 Å². The molecule has 0 aliphatic heterocycles. The molecule has 3 N–H and O–H groups in total.